The molecule has 0 aliphatic rings. The molecule has 0 saturated heterocycles. The average molecular weight is 288 g/mol. The first kappa shape index (κ1) is 15.5. The van der Waals surface area contributed by atoms with E-state index in [0.29, 0.717) is 12.6 Å². The Hall–Kier alpha value is -1.88. The summed E-state index contributed by atoms with van der Waals surface area (Å²) < 4.78 is 7.59. The van der Waals surface area contributed by atoms with Crippen LogP contribution in [0.2, 0.25) is 0 Å². The Balaban J connectivity index is 1.69. The molecule has 0 bridgehead atoms. The maximum Gasteiger partial charge on any atom is 0.119 e. The van der Waals surface area contributed by atoms with E-state index in [9.17, 15) is 0 Å². The molecule has 2 aromatic rings. The van der Waals surface area contributed by atoms with Gasteiger partial charge in [0.05, 0.1) is 12.3 Å². The summed E-state index contributed by atoms with van der Waals surface area (Å²) in [6.07, 6.45) is 2.90. The highest BCUT2D eigenvalue weighted by atomic mass is 16.5. The van der Waals surface area contributed by atoms with Crippen molar-refractivity contribution in [3.05, 3.63) is 41.7 Å². The monoisotopic (exact) mass is 288 g/mol. The van der Waals surface area contributed by atoms with Gasteiger partial charge in [0.25, 0.3) is 0 Å². The van der Waals surface area contributed by atoms with Crippen molar-refractivity contribution in [2.24, 2.45) is 0 Å². The van der Waals surface area contributed by atoms with Crippen LogP contribution in [0.3, 0.4) is 0 Å². The smallest absolute Gasteiger partial charge is 0.119 e. The van der Waals surface area contributed by atoms with Crippen LogP contribution in [0.4, 0.5) is 0 Å². The summed E-state index contributed by atoms with van der Waals surface area (Å²) in [5.74, 6) is 0.926. The van der Waals surface area contributed by atoms with Crippen LogP contribution in [-0.4, -0.2) is 27.6 Å². The second-order valence-corrected chi connectivity index (χ2v) is 5.53. The predicted molar refractivity (Wildman–Crippen MR) is 83.3 cm³/mol. The van der Waals surface area contributed by atoms with Crippen LogP contribution in [-0.2, 0) is 13.1 Å². The van der Waals surface area contributed by atoms with E-state index in [4.69, 9.17) is 4.74 Å². The number of benzene rings is 1. The molecule has 0 saturated carbocycles. The summed E-state index contributed by atoms with van der Waals surface area (Å²) in [6.45, 7) is 8.57. The van der Waals surface area contributed by atoms with Crippen LogP contribution >= 0.6 is 0 Å². The molecule has 0 aliphatic heterocycles. The largest absolute Gasteiger partial charge is 0.494 e. The second-order valence-electron chi connectivity index (χ2n) is 5.53. The maximum atomic E-state index is 5.72. The highest BCUT2D eigenvalue weighted by Crippen LogP contribution is 2.12. The summed E-state index contributed by atoms with van der Waals surface area (Å²) in [4.78, 5) is 0. The van der Waals surface area contributed by atoms with E-state index in [1.54, 1.807) is 0 Å². The molecule has 1 aromatic heterocycles. The van der Waals surface area contributed by atoms with Gasteiger partial charge >= 0.3 is 0 Å². The van der Waals surface area contributed by atoms with E-state index in [1.165, 1.54) is 5.56 Å². The van der Waals surface area contributed by atoms with Crippen molar-refractivity contribution in [2.75, 3.05) is 6.61 Å². The molecular formula is C16H24N4O. The van der Waals surface area contributed by atoms with Gasteiger partial charge < -0.3 is 10.1 Å². The highest BCUT2D eigenvalue weighted by Gasteiger charge is 2.02. The molecule has 114 valence electrons. The topological polar surface area (TPSA) is 52.0 Å². The zero-order valence-electron chi connectivity index (χ0n) is 13.0. The summed E-state index contributed by atoms with van der Waals surface area (Å²) in [5, 5.41) is 11.6. The fourth-order valence-corrected chi connectivity index (χ4v) is 1.96. The number of nitrogens with zero attached hydrogens (tertiary/aromatic N) is 3. The molecule has 0 radical (unpaired) electrons. The lowest BCUT2D eigenvalue weighted by Crippen LogP contribution is -2.21. The average Bonchev–Trinajstić information content (AvgIpc) is 2.89. The van der Waals surface area contributed by atoms with Crippen LogP contribution in [0.5, 0.6) is 5.75 Å². The molecular weight excluding hydrogens is 264 g/mol. The van der Waals surface area contributed by atoms with Crippen molar-refractivity contribution in [1.82, 2.24) is 20.3 Å². The summed E-state index contributed by atoms with van der Waals surface area (Å²) >= 11 is 0. The van der Waals surface area contributed by atoms with E-state index >= 15 is 0 Å². The standard InChI is InChI=1S/C16H24N4O/c1-13(2)17-11-15-12-20(19-18-15)8-5-9-21-16-7-4-6-14(3)10-16/h4,6-7,10,12-13,17H,5,8-9,11H2,1-3H3. The van der Waals surface area contributed by atoms with Gasteiger partial charge in [-0.2, -0.15) is 0 Å². The van der Waals surface area contributed by atoms with Crippen molar-refractivity contribution < 1.29 is 4.74 Å². The lowest BCUT2D eigenvalue weighted by Gasteiger charge is -2.06. The Morgan fingerprint density at radius 2 is 2.19 bits per heavy atom. The Bertz CT molecular complexity index is 551. The summed E-state index contributed by atoms with van der Waals surface area (Å²) in [7, 11) is 0. The lowest BCUT2D eigenvalue weighted by atomic mass is 10.2. The quantitative estimate of drug-likeness (QED) is 0.759. The Labute approximate surface area is 126 Å². The minimum atomic E-state index is 0.456. The van der Waals surface area contributed by atoms with Crippen molar-refractivity contribution >= 4 is 0 Å². The first-order valence-electron chi connectivity index (χ1n) is 7.45. The normalized spacial score (nSPS) is 11.0. The SMILES string of the molecule is Cc1cccc(OCCCn2cc(CNC(C)C)nn2)c1. The van der Waals surface area contributed by atoms with Crippen molar-refractivity contribution in [3.8, 4) is 5.75 Å². The molecule has 0 atom stereocenters. The minimum Gasteiger partial charge on any atom is -0.494 e. The summed E-state index contributed by atoms with van der Waals surface area (Å²) in [5.41, 5.74) is 2.19. The van der Waals surface area contributed by atoms with E-state index in [0.717, 1.165) is 31.0 Å². The van der Waals surface area contributed by atoms with E-state index in [2.05, 4.69) is 42.5 Å². The first-order chi connectivity index (χ1) is 10.1. The number of ether oxygens (including phenoxy) is 1. The van der Waals surface area contributed by atoms with Crippen LogP contribution in [0, 0.1) is 6.92 Å². The maximum absolute atomic E-state index is 5.72. The zero-order valence-corrected chi connectivity index (χ0v) is 13.0. The molecule has 1 aromatic carbocycles. The first-order valence-corrected chi connectivity index (χ1v) is 7.45. The van der Waals surface area contributed by atoms with Crippen molar-refractivity contribution in [1.29, 1.82) is 0 Å². The molecule has 0 spiro atoms. The number of hydrogen-bond donors (Lipinski definition) is 1. The molecule has 2 rings (SSSR count). The molecule has 5 heteroatoms. The number of aryl methyl sites for hydroxylation is 2. The number of aromatic nitrogens is 3. The number of hydrogen-bond acceptors (Lipinski definition) is 4. The Morgan fingerprint density at radius 1 is 1.33 bits per heavy atom. The summed E-state index contributed by atoms with van der Waals surface area (Å²) in [6, 6.07) is 8.56. The van der Waals surface area contributed by atoms with E-state index in [-0.39, 0.29) is 0 Å². The van der Waals surface area contributed by atoms with Crippen LogP contribution in [0.15, 0.2) is 30.5 Å². The molecule has 0 aliphatic carbocycles. The fraction of sp³-hybridized carbons (Fsp3) is 0.500. The molecule has 1 heterocycles. The van der Waals surface area contributed by atoms with Gasteiger partial charge in [-0.1, -0.05) is 31.2 Å². The molecule has 0 unspecified atom stereocenters. The van der Waals surface area contributed by atoms with Gasteiger partial charge in [-0.3, -0.25) is 4.68 Å². The van der Waals surface area contributed by atoms with Crippen molar-refractivity contribution in [2.45, 2.75) is 46.3 Å². The third kappa shape index (κ3) is 5.55. The Morgan fingerprint density at radius 3 is 2.95 bits per heavy atom. The van der Waals surface area contributed by atoms with Crippen LogP contribution < -0.4 is 10.1 Å². The van der Waals surface area contributed by atoms with Gasteiger partial charge in [0.15, 0.2) is 0 Å². The van der Waals surface area contributed by atoms with Gasteiger partial charge in [0.2, 0.25) is 0 Å². The third-order valence-corrected chi connectivity index (χ3v) is 3.07. The number of rotatable bonds is 8. The number of nitrogens with one attached hydrogen (secondary N) is 1. The molecule has 5 nitrogen and oxygen atoms in total. The van der Waals surface area contributed by atoms with Gasteiger partial charge in [-0.25, -0.2) is 0 Å². The molecule has 1 N–H and O–H groups in total. The van der Waals surface area contributed by atoms with Gasteiger partial charge in [0.1, 0.15) is 5.75 Å². The second kappa shape index (κ2) is 7.78. The molecule has 0 amide bonds. The van der Waals surface area contributed by atoms with Gasteiger partial charge in [-0.05, 0) is 24.6 Å². The Kier molecular flexibility index (Phi) is 5.75. The van der Waals surface area contributed by atoms with Crippen LogP contribution in [0.25, 0.3) is 0 Å². The predicted octanol–water partition coefficient (Wildman–Crippen LogP) is 2.55. The fourth-order valence-electron chi connectivity index (χ4n) is 1.96. The van der Waals surface area contributed by atoms with E-state index < -0.39 is 0 Å². The zero-order chi connectivity index (χ0) is 15.1. The minimum absolute atomic E-state index is 0.456. The van der Waals surface area contributed by atoms with Crippen LogP contribution in [0.1, 0.15) is 31.5 Å². The molecule has 21 heavy (non-hydrogen) atoms. The molecule has 0 fully saturated rings. The highest BCUT2D eigenvalue weighted by molar-refractivity contribution is 5.27. The third-order valence-electron chi connectivity index (χ3n) is 3.07. The lowest BCUT2D eigenvalue weighted by molar-refractivity contribution is 0.298. The van der Waals surface area contributed by atoms with Crippen molar-refractivity contribution in [3.63, 3.8) is 0 Å². The van der Waals surface area contributed by atoms with Gasteiger partial charge in [0, 0.05) is 31.7 Å². The van der Waals surface area contributed by atoms with Gasteiger partial charge in [-0.15, -0.1) is 5.10 Å². The van der Waals surface area contributed by atoms with E-state index in [1.807, 2.05) is 29.1 Å².